The molecule has 28 heavy (non-hydrogen) atoms. The number of aromatic nitrogens is 3. The Bertz CT molecular complexity index is 1070. The summed E-state index contributed by atoms with van der Waals surface area (Å²) in [4.78, 5) is 4.08. The molecule has 0 saturated heterocycles. The smallest absolute Gasteiger partial charge is 0.203 e. The van der Waals surface area contributed by atoms with Crippen LogP contribution in [0, 0.1) is 0 Å². The molecule has 0 aliphatic heterocycles. The third kappa shape index (κ3) is 2.96. The third-order valence-electron chi connectivity index (χ3n) is 4.46. The minimum Gasteiger partial charge on any atom is -0.493 e. The average molecular weight is 377 g/mol. The summed E-state index contributed by atoms with van der Waals surface area (Å²) in [6.45, 7) is 0. The second kappa shape index (κ2) is 7.48. The maximum Gasteiger partial charge on any atom is 0.203 e. The van der Waals surface area contributed by atoms with Crippen molar-refractivity contribution in [1.82, 2.24) is 14.8 Å². The standard InChI is InChI=1S/C21H19N3O4/c1-25-19-9-8-16(20(26-2)21(19)27-3)15-7-6-14(18-5-4-10-28-18)11-17(15)24-13-22-12-23-24/h4-13H,1-3H3. The minimum absolute atomic E-state index is 0.530. The Kier molecular flexibility index (Phi) is 4.72. The molecule has 0 saturated carbocycles. The van der Waals surface area contributed by atoms with Crippen LogP contribution in [0.1, 0.15) is 0 Å². The van der Waals surface area contributed by atoms with Crippen LogP contribution in [0.3, 0.4) is 0 Å². The van der Waals surface area contributed by atoms with Gasteiger partial charge in [0.15, 0.2) is 11.5 Å². The summed E-state index contributed by atoms with van der Waals surface area (Å²) in [5.41, 5.74) is 3.51. The van der Waals surface area contributed by atoms with Crippen molar-refractivity contribution in [3.8, 4) is 45.4 Å². The Morgan fingerprint density at radius 3 is 2.36 bits per heavy atom. The van der Waals surface area contributed by atoms with E-state index in [2.05, 4.69) is 10.1 Å². The molecule has 0 atom stereocenters. The van der Waals surface area contributed by atoms with Crippen LogP contribution in [0.5, 0.6) is 17.2 Å². The number of benzene rings is 2. The van der Waals surface area contributed by atoms with Crippen LogP contribution in [0.4, 0.5) is 0 Å². The fourth-order valence-corrected chi connectivity index (χ4v) is 3.19. The first-order chi connectivity index (χ1) is 13.8. The van der Waals surface area contributed by atoms with Gasteiger partial charge in [-0.2, -0.15) is 5.10 Å². The summed E-state index contributed by atoms with van der Waals surface area (Å²) >= 11 is 0. The highest BCUT2D eigenvalue weighted by Crippen LogP contribution is 2.46. The molecular formula is C21H19N3O4. The van der Waals surface area contributed by atoms with Crippen LogP contribution in [0.25, 0.3) is 28.1 Å². The van der Waals surface area contributed by atoms with Crippen molar-refractivity contribution < 1.29 is 18.6 Å². The van der Waals surface area contributed by atoms with Crippen molar-refractivity contribution in [3.63, 3.8) is 0 Å². The molecule has 0 amide bonds. The zero-order valence-electron chi connectivity index (χ0n) is 15.7. The molecule has 7 nitrogen and oxygen atoms in total. The molecule has 7 heteroatoms. The van der Waals surface area contributed by atoms with Gasteiger partial charge in [-0.15, -0.1) is 0 Å². The van der Waals surface area contributed by atoms with Gasteiger partial charge in [-0.3, -0.25) is 0 Å². The third-order valence-corrected chi connectivity index (χ3v) is 4.46. The van der Waals surface area contributed by atoms with Crippen molar-refractivity contribution >= 4 is 0 Å². The monoisotopic (exact) mass is 377 g/mol. The average Bonchev–Trinajstić information content (AvgIpc) is 3.46. The number of nitrogens with zero attached hydrogens (tertiary/aromatic N) is 3. The highest BCUT2D eigenvalue weighted by molar-refractivity contribution is 5.83. The topological polar surface area (TPSA) is 71.5 Å². The number of methoxy groups -OCH3 is 3. The molecule has 0 N–H and O–H groups in total. The lowest BCUT2D eigenvalue weighted by Crippen LogP contribution is -2.01. The lowest BCUT2D eigenvalue weighted by atomic mass is 9.99. The second-order valence-corrected chi connectivity index (χ2v) is 5.93. The maximum absolute atomic E-state index is 5.67. The summed E-state index contributed by atoms with van der Waals surface area (Å²) in [6.07, 6.45) is 4.79. The predicted molar refractivity (Wildman–Crippen MR) is 104 cm³/mol. The fraction of sp³-hybridized carbons (Fsp3) is 0.143. The molecule has 0 aliphatic rings. The van der Waals surface area contributed by atoms with E-state index in [9.17, 15) is 0 Å². The van der Waals surface area contributed by atoms with Crippen LogP contribution in [0.15, 0.2) is 65.8 Å². The van der Waals surface area contributed by atoms with Gasteiger partial charge >= 0.3 is 0 Å². The van der Waals surface area contributed by atoms with Crippen molar-refractivity contribution in [2.75, 3.05) is 21.3 Å². The largest absolute Gasteiger partial charge is 0.493 e. The van der Waals surface area contributed by atoms with E-state index >= 15 is 0 Å². The lowest BCUT2D eigenvalue weighted by Gasteiger charge is -2.18. The van der Waals surface area contributed by atoms with E-state index in [0.29, 0.717) is 17.2 Å². The predicted octanol–water partition coefficient (Wildman–Crippen LogP) is 4.22. The molecule has 2 heterocycles. The Morgan fingerprint density at radius 2 is 1.71 bits per heavy atom. The molecule has 0 bridgehead atoms. The van der Waals surface area contributed by atoms with E-state index in [-0.39, 0.29) is 0 Å². The van der Waals surface area contributed by atoms with Gasteiger partial charge in [0, 0.05) is 16.7 Å². The highest BCUT2D eigenvalue weighted by atomic mass is 16.5. The lowest BCUT2D eigenvalue weighted by molar-refractivity contribution is 0.325. The van der Waals surface area contributed by atoms with Crippen LogP contribution >= 0.6 is 0 Å². The molecule has 0 aliphatic carbocycles. The number of hydrogen-bond acceptors (Lipinski definition) is 6. The number of ether oxygens (including phenoxy) is 3. The zero-order valence-corrected chi connectivity index (χ0v) is 15.7. The molecule has 4 aromatic rings. The molecule has 2 aromatic heterocycles. The molecule has 0 radical (unpaired) electrons. The van der Waals surface area contributed by atoms with Gasteiger partial charge in [0.25, 0.3) is 0 Å². The van der Waals surface area contributed by atoms with Gasteiger partial charge in [0.05, 0.1) is 33.3 Å². The van der Waals surface area contributed by atoms with Crippen molar-refractivity contribution in [2.45, 2.75) is 0 Å². The number of rotatable bonds is 6. The Morgan fingerprint density at radius 1 is 0.893 bits per heavy atom. The Balaban J connectivity index is 1.95. The first kappa shape index (κ1) is 17.7. The van der Waals surface area contributed by atoms with E-state index in [1.165, 1.54) is 6.33 Å². The van der Waals surface area contributed by atoms with Gasteiger partial charge in [-0.25, -0.2) is 9.67 Å². The van der Waals surface area contributed by atoms with Crippen molar-refractivity contribution in [2.24, 2.45) is 0 Å². The first-order valence-corrected chi connectivity index (χ1v) is 8.59. The van der Waals surface area contributed by atoms with E-state index < -0.39 is 0 Å². The SMILES string of the molecule is COc1ccc(-c2ccc(-c3ccco3)cc2-n2cncn2)c(OC)c1OC. The summed E-state index contributed by atoms with van der Waals surface area (Å²) in [6, 6.07) is 13.5. The minimum atomic E-state index is 0.530. The maximum atomic E-state index is 5.67. The fourth-order valence-electron chi connectivity index (χ4n) is 3.19. The molecule has 4 rings (SSSR count). The second-order valence-electron chi connectivity index (χ2n) is 5.93. The molecule has 0 spiro atoms. The summed E-state index contributed by atoms with van der Waals surface area (Å²) < 4.78 is 23.8. The van der Waals surface area contributed by atoms with Crippen molar-refractivity contribution in [3.05, 3.63) is 61.4 Å². The van der Waals surface area contributed by atoms with Gasteiger partial charge < -0.3 is 18.6 Å². The zero-order chi connectivity index (χ0) is 19.5. The first-order valence-electron chi connectivity index (χ1n) is 8.59. The van der Waals surface area contributed by atoms with Gasteiger partial charge in [-0.05, 0) is 30.3 Å². The number of furan rings is 1. The van der Waals surface area contributed by atoms with Crippen LogP contribution < -0.4 is 14.2 Å². The van der Waals surface area contributed by atoms with E-state index in [1.807, 2.05) is 42.5 Å². The molecule has 0 unspecified atom stereocenters. The number of hydrogen-bond donors (Lipinski definition) is 0. The summed E-state index contributed by atoms with van der Waals surface area (Å²) in [7, 11) is 4.78. The molecule has 142 valence electrons. The van der Waals surface area contributed by atoms with Crippen LogP contribution in [0.2, 0.25) is 0 Å². The Labute approximate surface area is 162 Å². The molecule has 0 fully saturated rings. The van der Waals surface area contributed by atoms with E-state index in [4.69, 9.17) is 18.6 Å². The van der Waals surface area contributed by atoms with Crippen LogP contribution in [-0.2, 0) is 0 Å². The van der Waals surface area contributed by atoms with Crippen LogP contribution in [-0.4, -0.2) is 36.1 Å². The quantitative estimate of drug-likeness (QED) is 0.501. The summed E-state index contributed by atoms with van der Waals surface area (Å²) in [5, 5.41) is 4.31. The van der Waals surface area contributed by atoms with Gasteiger partial charge in [0.1, 0.15) is 18.4 Å². The molecule has 2 aromatic carbocycles. The van der Waals surface area contributed by atoms with Gasteiger partial charge in [0.2, 0.25) is 5.75 Å². The highest BCUT2D eigenvalue weighted by Gasteiger charge is 2.20. The van der Waals surface area contributed by atoms with E-state index in [0.717, 1.165) is 28.1 Å². The summed E-state index contributed by atoms with van der Waals surface area (Å²) in [5.74, 6) is 2.47. The van der Waals surface area contributed by atoms with E-state index in [1.54, 1.807) is 38.6 Å². The van der Waals surface area contributed by atoms with Crippen molar-refractivity contribution in [1.29, 1.82) is 0 Å². The Hall–Kier alpha value is -3.74. The molecular weight excluding hydrogens is 358 g/mol. The van der Waals surface area contributed by atoms with Gasteiger partial charge in [-0.1, -0.05) is 12.1 Å². The normalized spacial score (nSPS) is 10.7.